The SMILES string of the molecule is CNC(C)CNC(=O)c1cc2c(C)nn(Cc3ccc(Cl)cc3)c2s1.Cl. The number of carbonyl (C=O) groups is 1. The Morgan fingerprint density at radius 1 is 1.35 bits per heavy atom. The Kier molecular flexibility index (Phi) is 7.06. The van der Waals surface area contributed by atoms with Crippen molar-refractivity contribution in [1.82, 2.24) is 20.4 Å². The molecule has 0 fully saturated rings. The molecule has 26 heavy (non-hydrogen) atoms. The van der Waals surface area contributed by atoms with Gasteiger partial charge < -0.3 is 10.6 Å². The van der Waals surface area contributed by atoms with E-state index in [1.54, 1.807) is 0 Å². The predicted octanol–water partition coefficient (Wildman–Crippen LogP) is 3.87. The minimum Gasteiger partial charge on any atom is -0.350 e. The molecular weight excluding hydrogens is 391 g/mol. The number of nitrogens with one attached hydrogen (secondary N) is 2. The van der Waals surface area contributed by atoms with Crippen molar-refractivity contribution in [2.75, 3.05) is 13.6 Å². The number of benzene rings is 1. The molecule has 1 aromatic carbocycles. The number of likely N-dealkylation sites (N-methyl/N-ethyl adjacent to an activating group) is 1. The van der Waals surface area contributed by atoms with Crippen LogP contribution in [0.15, 0.2) is 30.3 Å². The third-order valence-corrected chi connectivity index (χ3v) is 5.54. The summed E-state index contributed by atoms with van der Waals surface area (Å²) < 4.78 is 1.95. The minimum atomic E-state index is -0.0410. The Morgan fingerprint density at radius 2 is 2.04 bits per heavy atom. The number of hydrogen-bond acceptors (Lipinski definition) is 4. The van der Waals surface area contributed by atoms with Crippen molar-refractivity contribution < 1.29 is 4.79 Å². The molecule has 0 aliphatic carbocycles. The molecule has 0 bridgehead atoms. The first kappa shape index (κ1) is 20.7. The van der Waals surface area contributed by atoms with Crippen molar-refractivity contribution in [3.63, 3.8) is 0 Å². The Bertz CT molecular complexity index is 889. The molecule has 0 saturated heterocycles. The van der Waals surface area contributed by atoms with Crippen LogP contribution in [0.25, 0.3) is 10.2 Å². The molecule has 8 heteroatoms. The number of thiophene rings is 1. The molecule has 0 aliphatic heterocycles. The lowest BCUT2D eigenvalue weighted by Gasteiger charge is -2.10. The van der Waals surface area contributed by atoms with E-state index in [1.807, 2.05) is 55.9 Å². The van der Waals surface area contributed by atoms with Crippen LogP contribution in [0.1, 0.15) is 27.9 Å². The van der Waals surface area contributed by atoms with Crippen LogP contribution >= 0.6 is 35.3 Å². The third kappa shape index (κ3) is 4.57. The highest BCUT2D eigenvalue weighted by Gasteiger charge is 2.16. The maximum absolute atomic E-state index is 12.4. The first-order valence-electron chi connectivity index (χ1n) is 8.14. The lowest BCUT2D eigenvalue weighted by molar-refractivity contribution is 0.0954. The van der Waals surface area contributed by atoms with Crippen molar-refractivity contribution in [1.29, 1.82) is 0 Å². The van der Waals surface area contributed by atoms with Crippen LogP contribution < -0.4 is 10.6 Å². The molecule has 1 unspecified atom stereocenters. The Labute approximate surface area is 168 Å². The zero-order valence-electron chi connectivity index (χ0n) is 14.9. The number of aromatic nitrogens is 2. The maximum Gasteiger partial charge on any atom is 0.261 e. The fraction of sp³-hybridized carbons (Fsp3) is 0.333. The quantitative estimate of drug-likeness (QED) is 0.645. The lowest BCUT2D eigenvalue weighted by Crippen LogP contribution is -2.36. The van der Waals surface area contributed by atoms with Gasteiger partial charge in [-0.05, 0) is 44.7 Å². The van der Waals surface area contributed by atoms with E-state index in [2.05, 4.69) is 15.7 Å². The highest BCUT2D eigenvalue weighted by molar-refractivity contribution is 7.20. The molecule has 1 amide bonds. The number of rotatable bonds is 6. The van der Waals surface area contributed by atoms with Gasteiger partial charge in [0, 0.05) is 23.0 Å². The minimum absolute atomic E-state index is 0. The van der Waals surface area contributed by atoms with Gasteiger partial charge >= 0.3 is 0 Å². The number of aryl methyl sites for hydroxylation is 1. The summed E-state index contributed by atoms with van der Waals surface area (Å²) in [4.78, 5) is 14.1. The summed E-state index contributed by atoms with van der Waals surface area (Å²) in [6, 6.07) is 9.90. The average molecular weight is 413 g/mol. The second-order valence-corrected chi connectivity index (χ2v) is 7.57. The Hall–Kier alpha value is -1.60. The summed E-state index contributed by atoms with van der Waals surface area (Å²) in [6.45, 7) is 5.25. The number of hydrogen-bond donors (Lipinski definition) is 2. The number of carbonyl (C=O) groups excluding carboxylic acids is 1. The number of amides is 1. The van der Waals surface area contributed by atoms with E-state index in [1.165, 1.54) is 11.3 Å². The first-order chi connectivity index (χ1) is 12.0. The van der Waals surface area contributed by atoms with Gasteiger partial charge in [-0.2, -0.15) is 5.10 Å². The van der Waals surface area contributed by atoms with Gasteiger partial charge in [0.1, 0.15) is 4.83 Å². The second kappa shape index (κ2) is 8.86. The van der Waals surface area contributed by atoms with Gasteiger partial charge in [0.15, 0.2) is 0 Å². The van der Waals surface area contributed by atoms with E-state index < -0.39 is 0 Å². The van der Waals surface area contributed by atoms with E-state index in [9.17, 15) is 4.79 Å². The molecule has 2 heterocycles. The van der Waals surface area contributed by atoms with E-state index in [4.69, 9.17) is 11.6 Å². The normalized spacial score (nSPS) is 12.0. The fourth-order valence-corrected chi connectivity index (χ4v) is 3.73. The second-order valence-electron chi connectivity index (χ2n) is 6.10. The molecule has 0 radical (unpaired) electrons. The van der Waals surface area contributed by atoms with Crippen molar-refractivity contribution in [3.8, 4) is 0 Å². The van der Waals surface area contributed by atoms with Crippen LogP contribution in [-0.2, 0) is 6.54 Å². The van der Waals surface area contributed by atoms with Gasteiger partial charge in [0.05, 0.1) is 17.1 Å². The topological polar surface area (TPSA) is 58.9 Å². The van der Waals surface area contributed by atoms with Crippen LogP contribution in [0, 0.1) is 6.92 Å². The monoisotopic (exact) mass is 412 g/mol. The fourth-order valence-electron chi connectivity index (χ4n) is 2.53. The highest BCUT2D eigenvalue weighted by atomic mass is 35.5. The Morgan fingerprint density at radius 3 is 2.69 bits per heavy atom. The number of halogens is 2. The van der Waals surface area contributed by atoms with Crippen LogP contribution in [0.3, 0.4) is 0 Å². The summed E-state index contributed by atoms with van der Waals surface area (Å²) in [6.07, 6.45) is 0. The molecule has 3 rings (SSSR count). The van der Waals surface area contributed by atoms with Gasteiger partial charge in [-0.3, -0.25) is 9.48 Å². The van der Waals surface area contributed by atoms with E-state index in [0.717, 1.165) is 26.5 Å². The van der Waals surface area contributed by atoms with E-state index in [0.29, 0.717) is 18.0 Å². The number of nitrogens with zero attached hydrogens (tertiary/aromatic N) is 2. The van der Waals surface area contributed by atoms with Gasteiger partial charge in [0.2, 0.25) is 0 Å². The van der Waals surface area contributed by atoms with Gasteiger partial charge in [0.25, 0.3) is 5.91 Å². The summed E-state index contributed by atoms with van der Waals surface area (Å²) in [5.74, 6) is -0.0410. The standard InChI is InChI=1S/C18H21ClN4OS.ClH/c1-11(20-3)9-21-17(24)16-8-15-12(2)22-23(18(15)25-16)10-13-4-6-14(19)7-5-13;/h4-8,11,20H,9-10H2,1-3H3,(H,21,24);1H. The molecule has 3 aromatic rings. The molecule has 1 atom stereocenters. The van der Waals surface area contributed by atoms with Crippen LogP contribution in [0.5, 0.6) is 0 Å². The molecule has 2 N–H and O–H groups in total. The number of fused-ring (bicyclic) bond motifs is 1. The van der Waals surface area contributed by atoms with E-state index >= 15 is 0 Å². The van der Waals surface area contributed by atoms with Crippen LogP contribution in [-0.4, -0.2) is 35.3 Å². The van der Waals surface area contributed by atoms with Crippen LogP contribution in [0.2, 0.25) is 5.02 Å². The molecule has 0 aliphatic rings. The summed E-state index contributed by atoms with van der Waals surface area (Å²) in [5, 5.41) is 12.4. The largest absolute Gasteiger partial charge is 0.350 e. The van der Waals surface area contributed by atoms with Gasteiger partial charge in [-0.25, -0.2) is 0 Å². The van der Waals surface area contributed by atoms with Gasteiger partial charge in [-0.1, -0.05) is 23.7 Å². The van der Waals surface area contributed by atoms with Crippen molar-refractivity contribution >= 4 is 51.5 Å². The average Bonchev–Trinajstić information content (AvgIpc) is 3.16. The van der Waals surface area contributed by atoms with Crippen molar-refractivity contribution in [2.45, 2.75) is 26.4 Å². The van der Waals surface area contributed by atoms with E-state index in [-0.39, 0.29) is 24.4 Å². The predicted molar refractivity (Wildman–Crippen MR) is 111 cm³/mol. The highest BCUT2D eigenvalue weighted by Crippen LogP contribution is 2.29. The van der Waals surface area contributed by atoms with Gasteiger partial charge in [-0.15, -0.1) is 23.7 Å². The third-order valence-electron chi connectivity index (χ3n) is 4.14. The molecule has 0 spiro atoms. The zero-order chi connectivity index (χ0) is 18.0. The zero-order valence-corrected chi connectivity index (χ0v) is 17.3. The Balaban J connectivity index is 0.00000243. The molecule has 140 valence electrons. The smallest absolute Gasteiger partial charge is 0.261 e. The molecule has 2 aromatic heterocycles. The molecular formula is C18H22Cl2N4OS. The lowest BCUT2D eigenvalue weighted by atomic mass is 10.2. The molecule has 5 nitrogen and oxygen atoms in total. The summed E-state index contributed by atoms with van der Waals surface area (Å²) in [7, 11) is 1.88. The van der Waals surface area contributed by atoms with Crippen molar-refractivity contribution in [2.24, 2.45) is 0 Å². The maximum atomic E-state index is 12.4. The van der Waals surface area contributed by atoms with Crippen molar-refractivity contribution in [3.05, 3.63) is 51.5 Å². The first-order valence-corrected chi connectivity index (χ1v) is 9.34. The summed E-state index contributed by atoms with van der Waals surface area (Å²) >= 11 is 7.42. The summed E-state index contributed by atoms with van der Waals surface area (Å²) in [5.41, 5.74) is 2.05. The van der Waals surface area contributed by atoms with Crippen LogP contribution in [0.4, 0.5) is 0 Å². The molecule has 0 saturated carbocycles.